The predicted molar refractivity (Wildman–Crippen MR) is 163 cm³/mol. The van der Waals surface area contributed by atoms with Crippen LogP contribution in [0.1, 0.15) is 52.5 Å². The van der Waals surface area contributed by atoms with Crippen molar-refractivity contribution in [3.8, 4) is 0 Å². The summed E-state index contributed by atoms with van der Waals surface area (Å²) in [5.74, 6) is 0.322. The number of benzene rings is 2. The average molecular weight is 570 g/mol. The van der Waals surface area contributed by atoms with Crippen LogP contribution in [-0.2, 0) is 5.41 Å². The van der Waals surface area contributed by atoms with Crippen LogP contribution < -0.4 is 10.2 Å². The van der Waals surface area contributed by atoms with E-state index < -0.39 is 17.3 Å². The number of pyridine rings is 2. The molecule has 0 spiro atoms. The zero-order chi connectivity index (χ0) is 29.0. The maximum Gasteiger partial charge on any atom is 0.255 e. The summed E-state index contributed by atoms with van der Waals surface area (Å²) in [5, 5.41) is 3.78. The van der Waals surface area contributed by atoms with E-state index in [1.54, 1.807) is 41.1 Å². The van der Waals surface area contributed by atoms with Crippen molar-refractivity contribution >= 4 is 34.1 Å². The van der Waals surface area contributed by atoms with Gasteiger partial charge in [-0.2, -0.15) is 4.39 Å². The SMILES string of the molecule is O=C(Nc1cnc2nc(C3CCN(c4ccccn4)C3)c(C3(c4ccc5ncccc5c4)CC3)n2c1F)c1ccccc1. The molecule has 6 aromatic rings. The van der Waals surface area contributed by atoms with Crippen molar-refractivity contribution in [3.63, 3.8) is 0 Å². The molecule has 212 valence electrons. The van der Waals surface area contributed by atoms with Crippen molar-refractivity contribution < 1.29 is 9.18 Å². The third kappa shape index (κ3) is 4.31. The van der Waals surface area contributed by atoms with Gasteiger partial charge in [0.25, 0.3) is 5.91 Å². The summed E-state index contributed by atoms with van der Waals surface area (Å²) in [5.41, 5.74) is 3.74. The molecule has 0 radical (unpaired) electrons. The Hall–Kier alpha value is -5.18. The first-order chi connectivity index (χ1) is 21.1. The van der Waals surface area contributed by atoms with Gasteiger partial charge in [-0.05, 0) is 67.3 Å². The van der Waals surface area contributed by atoms with Gasteiger partial charge < -0.3 is 10.2 Å². The van der Waals surface area contributed by atoms with E-state index in [0.717, 1.165) is 66.0 Å². The number of hydrogen-bond acceptors (Lipinski definition) is 6. The number of carbonyl (C=O) groups excluding carboxylic acids is 1. The van der Waals surface area contributed by atoms with Gasteiger partial charge in [0, 0.05) is 47.8 Å². The van der Waals surface area contributed by atoms with Gasteiger partial charge in [-0.25, -0.2) is 15.0 Å². The van der Waals surface area contributed by atoms with Crippen LogP contribution in [0.2, 0.25) is 0 Å². The number of aromatic nitrogens is 5. The highest BCUT2D eigenvalue weighted by Gasteiger charge is 2.51. The second-order valence-corrected chi connectivity index (χ2v) is 11.4. The molecule has 0 bridgehead atoms. The number of imidazole rings is 1. The lowest BCUT2D eigenvalue weighted by Gasteiger charge is -2.22. The lowest BCUT2D eigenvalue weighted by atomic mass is 9.87. The Kier molecular flexibility index (Phi) is 5.92. The summed E-state index contributed by atoms with van der Waals surface area (Å²) in [6.07, 6.45) is 7.54. The zero-order valence-corrected chi connectivity index (χ0v) is 23.3. The van der Waals surface area contributed by atoms with Gasteiger partial charge in [0.1, 0.15) is 11.5 Å². The Labute approximate surface area is 247 Å². The minimum atomic E-state index is -0.573. The maximum atomic E-state index is 16.6. The molecule has 5 heterocycles. The zero-order valence-electron chi connectivity index (χ0n) is 23.3. The number of hydrogen-bond donors (Lipinski definition) is 1. The van der Waals surface area contributed by atoms with Crippen LogP contribution in [-0.4, -0.2) is 43.3 Å². The summed E-state index contributed by atoms with van der Waals surface area (Å²) in [7, 11) is 0. The van der Waals surface area contributed by atoms with Crippen molar-refractivity contribution in [2.24, 2.45) is 0 Å². The number of nitrogens with one attached hydrogen (secondary N) is 1. The molecule has 2 aromatic carbocycles. The molecule has 1 unspecified atom stereocenters. The van der Waals surface area contributed by atoms with Gasteiger partial charge in [-0.15, -0.1) is 0 Å². The van der Waals surface area contributed by atoms with Gasteiger partial charge in [0.05, 0.1) is 23.1 Å². The first-order valence-corrected chi connectivity index (χ1v) is 14.6. The molecule has 1 amide bonds. The normalized spacial score (nSPS) is 17.4. The fourth-order valence-electron chi connectivity index (χ4n) is 6.50. The van der Waals surface area contributed by atoms with E-state index in [4.69, 9.17) is 4.98 Å². The van der Waals surface area contributed by atoms with E-state index in [-0.39, 0.29) is 11.6 Å². The maximum absolute atomic E-state index is 16.6. The molecular formula is C34H28FN7O. The highest BCUT2D eigenvalue weighted by atomic mass is 19.1. The Morgan fingerprint density at radius 1 is 0.930 bits per heavy atom. The molecule has 1 aliphatic carbocycles. The highest BCUT2D eigenvalue weighted by Crippen LogP contribution is 2.56. The fourth-order valence-corrected chi connectivity index (χ4v) is 6.50. The summed E-state index contributed by atoms with van der Waals surface area (Å²) in [4.78, 5) is 33.8. The van der Waals surface area contributed by atoms with Crippen LogP contribution in [0.25, 0.3) is 16.7 Å². The van der Waals surface area contributed by atoms with Crippen molar-refractivity contribution in [2.45, 2.75) is 30.6 Å². The average Bonchev–Trinajstić information content (AvgIpc) is 3.52. The van der Waals surface area contributed by atoms with Crippen molar-refractivity contribution in [1.29, 1.82) is 0 Å². The first-order valence-electron chi connectivity index (χ1n) is 14.6. The molecule has 1 aliphatic heterocycles. The molecular weight excluding hydrogens is 541 g/mol. The number of nitrogens with zero attached hydrogens (tertiary/aromatic N) is 6. The molecule has 1 N–H and O–H groups in total. The summed E-state index contributed by atoms with van der Waals surface area (Å²) in [6.45, 7) is 1.56. The van der Waals surface area contributed by atoms with E-state index >= 15 is 4.39 Å². The predicted octanol–water partition coefficient (Wildman–Crippen LogP) is 6.14. The fraction of sp³-hybridized carbons (Fsp3) is 0.206. The van der Waals surface area contributed by atoms with Gasteiger partial charge in [-0.3, -0.25) is 14.2 Å². The Bertz CT molecular complexity index is 1990. The Morgan fingerprint density at radius 3 is 2.58 bits per heavy atom. The van der Waals surface area contributed by atoms with Crippen molar-refractivity contribution in [1.82, 2.24) is 24.3 Å². The Balaban J connectivity index is 1.26. The minimum absolute atomic E-state index is 0.0200. The lowest BCUT2D eigenvalue weighted by Crippen LogP contribution is -2.22. The van der Waals surface area contributed by atoms with E-state index in [2.05, 4.69) is 43.4 Å². The van der Waals surface area contributed by atoms with Crippen molar-refractivity contribution in [2.75, 3.05) is 23.3 Å². The van der Waals surface area contributed by atoms with Crippen LogP contribution in [0.4, 0.5) is 15.9 Å². The summed E-state index contributed by atoms with van der Waals surface area (Å²) < 4.78 is 18.2. The number of fused-ring (bicyclic) bond motifs is 2. The monoisotopic (exact) mass is 569 g/mol. The standard InChI is InChI=1S/C34H28FN7O/c35-31-27(39-32(43)22-7-2-1-3-8-22)20-38-33-40-29(24-13-18-41(21-24)28-10-4-5-16-37-28)30(42(31)33)34(14-15-34)25-11-12-26-23(19-25)9-6-17-36-26/h1-12,16-17,19-20,24H,13-15,18,21H2,(H,39,43). The van der Waals surface area contributed by atoms with E-state index in [9.17, 15) is 4.79 Å². The number of rotatable bonds is 6. The molecule has 43 heavy (non-hydrogen) atoms. The number of carbonyl (C=O) groups is 1. The van der Waals surface area contributed by atoms with Crippen LogP contribution in [0, 0.1) is 5.95 Å². The molecule has 2 aliphatic rings. The molecule has 1 saturated carbocycles. The molecule has 1 atom stereocenters. The molecule has 8 rings (SSSR count). The molecule has 9 heteroatoms. The van der Waals surface area contributed by atoms with Gasteiger partial charge in [0.2, 0.25) is 11.7 Å². The van der Waals surface area contributed by atoms with Crippen LogP contribution in [0.5, 0.6) is 0 Å². The van der Waals surface area contributed by atoms with Crippen LogP contribution in [0.15, 0.2) is 97.5 Å². The smallest absolute Gasteiger partial charge is 0.255 e. The summed E-state index contributed by atoms with van der Waals surface area (Å²) in [6, 6.07) is 25.0. The lowest BCUT2D eigenvalue weighted by molar-refractivity contribution is 0.102. The molecule has 1 saturated heterocycles. The second-order valence-electron chi connectivity index (χ2n) is 11.4. The highest BCUT2D eigenvalue weighted by molar-refractivity contribution is 6.04. The molecule has 2 fully saturated rings. The Morgan fingerprint density at radius 2 is 1.77 bits per heavy atom. The molecule has 4 aromatic heterocycles. The second kappa shape index (κ2) is 9.97. The van der Waals surface area contributed by atoms with Gasteiger partial charge in [-0.1, -0.05) is 36.4 Å². The quantitative estimate of drug-likeness (QED) is 0.243. The van der Waals surface area contributed by atoms with Crippen LogP contribution in [0.3, 0.4) is 0 Å². The largest absolute Gasteiger partial charge is 0.356 e. The van der Waals surface area contributed by atoms with Crippen LogP contribution >= 0.6 is 0 Å². The van der Waals surface area contributed by atoms with Crippen molar-refractivity contribution in [3.05, 3.63) is 126 Å². The number of halogens is 1. The molecule has 8 nitrogen and oxygen atoms in total. The van der Waals surface area contributed by atoms with E-state index in [1.807, 2.05) is 36.4 Å². The van der Waals surface area contributed by atoms with Gasteiger partial charge in [0.15, 0.2) is 0 Å². The first kappa shape index (κ1) is 25.5. The number of amides is 1. The van der Waals surface area contributed by atoms with E-state index in [1.165, 1.54) is 6.20 Å². The summed E-state index contributed by atoms with van der Waals surface area (Å²) >= 11 is 0. The minimum Gasteiger partial charge on any atom is -0.356 e. The topological polar surface area (TPSA) is 88.3 Å². The third-order valence-electron chi connectivity index (χ3n) is 8.81. The van der Waals surface area contributed by atoms with E-state index in [0.29, 0.717) is 11.3 Å². The third-order valence-corrected chi connectivity index (χ3v) is 8.81. The number of anilines is 2. The van der Waals surface area contributed by atoms with Gasteiger partial charge >= 0.3 is 0 Å².